The van der Waals surface area contributed by atoms with Crippen LogP contribution in [0.5, 0.6) is 0 Å². The lowest BCUT2D eigenvalue weighted by molar-refractivity contribution is -0.137. The van der Waals surface area contributed by atoms with Gasteiger partial charge in [-0.2, -0.15) is 0 Å². The van der Waals surface area contributed by atoms with Gasteiger partial charge in [-0.3, -0.25) is 4.79 Å². The van der Waals surface area contributed by atoms with Crippen LogP contribution < -0.4 is 4.72 Å². The first-order valence-corrected chi connectivity index (χ1v) is 9.46. The Labute approximate surface area is 148 Å². The van der Waals surface area contributed by atoms with Crippen molar-refractivity contribution in [1.29, 1.82) is 0 Å². The molecule has 0 saturated heterocycles. The number of halogens is 1. The minimum absolute atomic E-state index is 0.0324. The van der Waals surface area contributed by atoms with E-state index in [0.717, 1.165) is 9.13 Å². The van der Waals surface area contributed by atoms with E-state index < -0.39 is 21.9 Å². The molecule has 0 aromatic heterocycles. The lowest BCUT2D eigenvalue weighted by atomic mass is 9.96. The molecule has 0 amide bonds. The van der Waals surface area contributed by atoms with E-state index in [9.17, 15) is 13.2 Å². The van der Waals surface area contributed by atoms with E-state index in [1.165, 1.54) is 12.1 Å². The number of sulfonamides is 1. The van der Waals surface area contributed by atoms with Crippen LogP contribution in [0.1, 0.15) is 17.9 Å². The molecule has 1 unspecified atom stereocenters. The third-order valence-electron chi connectivity index (χ3n) is 3.34. The normalized spacial score (nSPS) is 12.7. The molecule has 0 aliphatic rings. The molecule has 0 bridgehead atoms. The van der Waals surface area contributed by atoms with E-state index in [1.54, 1.807) is 36.4 Å². The smallest absolute Gasteiger partial charge is 0.304 e. The second kappa shape index (κ2) is 7.89. The molecule has 5 nitrogen and oxygen atoms in total. The molecule has 23 heavy (non-hydrogen) atoms. The predicted octanol–water partition coefficient (Wildman–Crippen LogP) is 2.83. The van der Waals surface area contributed by atoms with Crippen molar-refractivity contribution in [3.8, 4) is 0 Å². The predicted molar refractivity (Wildman–Crippen MR) is 95.8 cm³/mol. The van der Waals surface area contributed by atoms with Crippen LogP contribution in [0.25, 0.3) is 0 Å². The topological polar surface area (TPSA) is 83.5 Å². The molecule has 2 rings (SSSR count). The molecule has 0 saturated carbocycles. The fourth-order valence-electron chi connectivity index (χ4n) is 2.15. The van der Waals surface area contributed by atoms with Crippen molar-refractivity contribution in [3.05, 3.63) is 63.7 Å². The Balaban J connectivity index is 2.14. The summed E-state index contributed by atoms with van der Waals surface area (Å²) in [6.45, 7) is 0.0324. The van der Waals surface area contributed by atoms with Crippen molar-refractivity contribution in [2.24, 2.45) is 0 Å². The van der Waals surface area contributed by atoms with Crippen LogP contribution in [0.3, 0.4) is 0 Å². The number of aliphatic carboxylic acids is 1. The quantitative estimate of drug-likeness (QED) is 0.643. The van der Waals surface area contributed by atoms with Crippen LogP contribution in [0.2, 0.25) is 0 Å². The van der Waals surface area contributed by atoms with Crippen molar-refractivity contribution in [1.82, 2.24) is 4.72 Å². The van der Waals surface area contributed by atoms with Crippen LogP contribution in [0.15, 0.2) is 59.5 Å². The Kier molecular flexibility index (Phi) is 6.14. The largest absolute Gasteiger partial charge is 0.481 e. The Morgan fingerprint density at radius 2 is 1.70 bits per heavy atom. The minimum Gasteiger partial charge on any atom is -0.481 e. The molecule has 2 aromatic carbocycles. The van der Waals surface area contributed by atoms with Gasteiger partial charge in [-0.15, -0.1) is 0 Å². The molecule has 0 aliphatic heterocycles. The fraction of sp³-hybridized carbons (Fsp3) is 0.188. The van der Waals surface area contributed by atoms with E-state index in [2.05, 4.69) is 27.3 Å². The van der Waals surface area contributed by atoms with E-state index >= 15 is 0 Å². The molecule has 0 fully saturated rings. The van der Waals surface area contributed by atoms with Gasteiger partial charge in [0.05, 0.1) is 11.3 Å². The highest BCUT2D eigenvalue weighted by Crippen LogP contribution is 2.20. The first-order chi connectivity index (χ1) is 10.9. The van der Waals surface area contributed by atoms with Gasteiger partial charge in [-0.25, -0.2) is 13.1 Å². The number of carboxylic acids is 1. The zero-order valence-electron chi connectivity index (χ0n) is 12.1. The van der Waals surface area contributed by atoms with Gasteiger partial charge in [0, 0.05) is 16.0 Å². The summed E-state index contributed by atoms with van der Waals surface area (Å²) in [6, 6.07) is 15.5. The molecule has 1 atom stereocenters. The second-order valence-electron chi connectivity index (χ2n) is 5.01. The highest BCUT2D eigenvalue weighted by molar-refractivity contribution is 14.1. The van der Waals surface area contributed by atoms with Gasteiger partial charge in [-0.1, -0.05) is 30.3 Å². The van der Waals surface area contributed by atoms with Crippen LogP contribution in [-0.4, -0.2) is 26.0 Å². The van der Waals surface area contributed by atoms with Crippen LogP contribution in [-0.2, 0) is 14.8 Å². The Morgan fingerprint density at radius 1 is 1.09 bits per heavy atom. The summed E-state index contributed by atoms with van der Waals surface area (Å²) >= 11 is 2.10. The number of hydrogen-bond acceptors (Lipinski definition) is 3. The van der Waals surface area contributed by atoms with Crippen molar-refractivity contribution in [2.45, 2.75) is 17.2 Å². The number of carboxylic acid groups (broad SMARTS) is 1. The van der Waals surface area contributed by atoms with Crippen molar-refractivity contribution in [3.63, 3.8) is 0 Å². The number of benzene rings is 2. The molecule has 2 N–H and O–H groups in total. The summed E-state index contributed by atoms with van der Waals surface area (Å²) in [5.41, 5.74) is 0.792. The van der Waals surface area contributed by atoms with Crippen LogP contribution in [0, 0.1) is 3.57 Å². The molecular formula is C16H16INO4S. The standard InChI is InChI=1S/C16H16INO4S/c17-14-6-8-15(9-7-14)23(21,22)18-11-13(10-16(19)20)12-4-2-1-3-5-12/h1-9,13,18H,10-11H2,(H,19,20). The van der Waals surface area contributed by atoms with Gasteiger partial charge < -0.3 is 5.11 Å². The van der Waals surface area contributed by atoms with Gasteiger partial charge in [0.25, 0.3) is 0 Å². The maximum atomic E-state index is 12.3. The second-order valence-corrected chi connectivity index (χ2v) is 8.02. The molecule has 0 spiro atoms. The first kappa shape index (κ1) is 17.9. The maximum absolute atomic E-state index is 12.3. The van der Waals surface area contributed by atoms with Crippen LogP contribution in [0.4, 0.5) is 0 Å². The highest BCUT2D eigenvalue weighted by Gasteiger charge is 2.20. The van der Waals surface area contributed by atoms with E-state index in [4.69, 9.17) is 5.11 Å². The summed E-state index contributed by atoms with van der Waals surface area (Å²) in [5, 5.41) is 9.04. The lowest BCUT2D eigenvalue weighted by Crippen LogP contribution is -2.29. The molecule has 0 heterocycles. The Morgan fingerprint density at radius 3 is 2.26 bits per heavy atom. The van der Waals surface area contributed by atoms with Gasteiger partial charge >= 0.3 is 5.97 Å². The Hall–Kier alpha value is -1.45. The monoisotopic (exact) mass is 445 g/mol. The van der Waals surface area contributed by atoms with Crippen molar-refractivity contribution < 1.29 is 18.3 Å². The van der Waals surface area contributed by atoms with Gasteiger partial charge in [0.2, 0.25) is 10.0 Å². The lowest BCUT2D eigenvalue weighted by Gasteiger charge is -2.16. The highest BCUT2D eigenvalue weighted by atomic mass is 127. The van der Waals surface area contributed by atoms with Gasteiger partial charge in [0.15, 0.2) is 0 Å². The fourth-order valence-corrected chi connectivity index (χ4v) is 3.59. The molecule has 122 valence electrons. The van der Waals surface area contributed by atoms with Gasteiger partial charge in [0.1, 0.15) is 0 Å². The average molecular weight is 445 g/mol. The zero-order chi connectivity index (χ0) is 16.9. The summed E-state index contributed by atoms with van der Waals surface area (Å²) in [5.74, 6) is -1.39. The molecule has 2 aromatic rings. The number of nitrogens with one attached hydrogen (secondary N) is 1. The average Bonchev–Trinajstić information content (AvgIpc) is 2.52. The third kappa shape index (κ3) is 5.29. The summed E-state index contributed by atoms with van der Waals surface area (Å²) in [4.78, 5) is 11.2. The van der Waals surface area contributed by atoms with E-state index in [0.29, 0.717) is 0 Å². The Bertz CT molecular complexity index is 760. The first-order valence-electron chi connectivity index (χ1n) is 6.90. The summed E-state index contributed by atoms with van der Waals surface area (Å²) in [6.07, 6.45) is -0.140. The zero-order valence-corrected chi connectivity index (χ0v) is 15.1. The van der Waals surface area contributed by atoms with Gasteiger partial charge in [-0.05, 0) is 52.4 Å². The minimum atomic E-state index is -3.66. The van der Waals surface area contributed by atoms with E-state index in [1.807, 2.05) is 6.07 Å². The maximum Gasteiger partial charge on any atom is 0.304 e. The van der Waals surface area contributed by atoms with Crippen LogP contribution >= 0.6 is 22.6 Å². The summed E-state index contributed by atoms with van der Waals surface area (Å²) < 4.78 is 28.1. The molecular weight excluding hydrogens is 429 g/mol. The van der Waals surface area contributed by atoms with Crippen molar-refractivity contribution >= 4 is 38.6 Å². The summed E-state index contributed by atoms with van der Waals surface area (Å²) in [7, 11) is -3.66. The molecule has 7 heteroatoms. The molecule has 0 radical (unpaired) electrons. The number of rotatable bonds is 7. The number of hydrogen-bond donors (Lipinski definition) is 2. The molecule has 0 aliphatic carbocycles. The van der Waals surface area contributed by atoms with Crippen molar-refractivity contribution in [2.75, 3.05) is 6.54 Å². The third-order valence-corrected chi connectivity index (χ3v) is 5.49. The number of carbonyl (C=O) groups is 1. The van der Waals surface area contributed by atoms with E-state index in [-0.39, 0.29) is 17.9 Å². The SMILES string of the molecule is O=C(O)CC(CNS(=O)(=O)c1ccc(I)cc1)c1ccccc1.